The fourth-order valence-corrected chi connectivity index (χ4v) is 2.19. The Morgan fingerprint density at radius 3 is 2.50 bits per heavy atom. The van der Waals surface area contributed by atoms with Gasteiger partial charge in [-0.2, -0.15) is 0 Å². The van der Waals surface area contributed by atoms with Gasteiger partial charge in [-0.1, -0.05) is 39.0 Å². The molecule has 0 N–H and O–H groups in total. The molecule has 0 unspecified atom stereocenters. The Kier molecular flexibility index (Phi) is 1.99. The fraction of sp³-hybridized carbons (Fsp3) is 0.462. The van der Waals surface area contributed by atoms with Crippen LogP contribution in [-0.4, -0.2) is 5.78 Å². The van der Waals surface area contributed by atoms with Crippen molar-refractivity contribution in [1.82, 2.24) is 0 Å². The van der Waals surface area contributed by atoms with Crippen LogP contribution in [0.15, 0.2) is 18.2 Å². The van der Waals surface area contributed by atoms with Gasteiger partial charge in [0.2, 0.25) is 0 Å². The maximum atomic E-state index is 11.5. The van der Waals surface area contributed by atoms with Crippen molar-refractivity contribution in [3.63, 3.8) is 0 Å². The van der Waals surface area contributed by atoms with Gasteiger partial charge in [-0.25, -0.2) is 0 Å². The first kappa shape index (κ1) is 9.45. The van der Waals surface area contributed by atoms with Crippen molar-refractivity contribution in [2.75, 3.05) is 0 Å². The molecule has 0 amide bonds. The second-order valence-corrected chi connectivity index (χ2v) is 5.00. The van der Waals surface area contributed by atoms with E-state index in [0.717, 1.165) is 12.0 Å². The molecule has 1 aromatic carbocycles. The summed E-state index contributed by atoms with van der Waals surface area (Å²) in [5.41, 5.74) is 3.72. The lowest BCUT2D eigenvalue weighted by atomic mass is 9.82. The lowest BCUT2D eigenvalue weighted by molar-refractivity contribution is 0.0994. The molecule has 1 aliphatic rings. The van der Waals surface area contributed by atoms with Crippen molar-refractivity contribution < 1.29 is 4.79 Å². The Bertz CT molecular complexity index is 383. The van der Waals surface area contributed by atoms with E-state index >= 15 is 0 Å². The molecular weight excluding hydrogens is 172 g/mol. The third kappa shape index (κ3) is 1.37. The highest BCUT2D eigenvalue weighted by molar-refractivity contribution is 6.00. The predicted octanol–water partition coefficient (Wildman–Crippen LogP) is 3.11. The van der Waals surface area contributed by atoms with Crippen LogP contribution < -0.4 is 0 Å². The standard InChI is InChI=1S/C13H16O/c1-13(2,3)11-6-4-5-10-9(11)7-8-12(10)14/h4-6H,7-8H2,1-3H3. The Morgan fingerprint density at radius 2 is 1.86 bits per heavy atom. The zero-order valence-corrected chi connectivity index (χ0v) is 9.05. The molecule has 1 nitrogen and oxygen atoms in total. The highest BCUT2D eigenvalue weighted by Gasteiger charge is 2.26. The van der Waals surface area contributed by atoms with E-state index < -0.39 is 0 Å². The third-order valence-corrected chi connectivity index (χ3v) is 2.89. The minimum Gasteiger partial charge on any atom is -0.294 e. The van der Waals surface area contributed by atoms with Crippen molar-refractivity contribution in [3.8, 4) is 0 Å². The molecule has 0 heterocycles. The molecule has 74 valence electrons. The number of benzene rings is 1. The van der Waals surface area contributed by atoms with Gasteiger partial charge in [0.15, 0.2) is 5.78 Å². The molecule has 0 saturated carbocycles. The number of ketones is 1. The van der Waals surface area contributed by atoms with Crippen LogP contribution in [0.4, 0.5) is 0 Å². The number of hydrogen-bond acceptors (Lipinski definition) is 1. The summed E-state index contributed by atoms with van der Waals surface area (Å²) >= 11 is 0. The molecule has 0 aliphatic heterocycles. The average Bonchev–Trinajstić information content (AvgIpc) is 2.46. The monoisotopic (exact) mass is 188 g/mol. The quantitative estimate of drug-likeness (QED) is 0.611. The molecule has 0 saturated heterocycles. The van der Waals surface area contributed by atoms with Gasteiger partial charge in [0.1, 0.15) is 0 Å². The van der Waals surface area contributed by atoms with Crippen molar-refractivity contribution in [1.29, 1.82) is 0 Å². The summed E-state index contributed by atoms with van der Waals surface area (Å²) < 4.78 is 0. The summed E-state index contributed by atoms with van der Waals surface area (Å²) in [7, 11) is 0. The normalized spacial score (nSPS) is 15.8. The van der Waals surface area contributed by atoms with Crippen LogP contribution in [0.2, 0.25) is 0 Å². The lowest BCUT2D eigenvalue weighted by Gasteiger charge is -2.22. The van der Waals surface area contributed by atoms with E-state index in [1.54, 1.807) is 0 Å². The summed E-state index contributed by atoms with van der Waals surface area (Å²) in [6.07, 6.45) is 1.63. The maximum absolute atomic E-state index is 11.5. The van der Waals surface area contributed by atoms with Crippen molar-refractivity contribution in [3.05, 3.63) is 34.9 Å². The second-order valence-electron chi connectivity index (χ2n) is 5.00. The number of hydrogen-bond donors (Lipinski definition) is 0. The minimum absolute atomic E-state index is 0.149. The lowest BCUT2D eigenvalue weighted by Crippen LogP contribution is -2.14. The highest BCUT2D eigenvalue weighted by atomic mass is 16.1. The summed E-state index contributed by atoms with van der Waals surface area (Å²) in [6.45, 7) is 6.60. The molecule has 1 aromatic rings. The largest absolute Gasteiger partial charge is 0.294 e. The Hall–Kier alpha value is -1.11. The number of carbonyl (C=O) groups is 1. The molecule has 1 heteroatoms. The first-order valence-electron chi connectivity index (χ1n) is 5.16. The predicted molar refractivity (Wildman–Crippen MR) is 57.8 cm³/mol. The highest BCUT2D eigenvalue weighted by Crippen LogP contribution is 2.32. The molecule has 0 radical (unpaired) electrons. The van der Waals surface area contributed by atoms with Gasteiger partial charge in [-0.3, -0.25) is 4.79 Å². The Morgan fingerprint density at radius 1 is 1.14 bits per heavy atom. The van der Waals surface area contributed by atoms with Crippen LogP contribution in [0.3, 0.4) is 0 Å². The number of carbonyl (C=O) groups excluding carboxylic acids is 1. The number of fused-ring (bicyclic) bond motifs is 1. The maximum Gasteiger partial charge on any atom is 0.163 e. The van der Waals surface area contributed by atoms with Gasteiger partial charge >= 0.3 is 0 Å². The first-order chi connectivity index (χ1) is 6.50. The van der Waals surface area contributed by atoms with Crippen molar-refractivity contribution in [2.24, 2.45) is 0 Å². The SMILES string of the molecule is CC(C)(C)c1cccc2c1CCC2=O. The molecule has 0 fully saturated rings. The van der Waals surface area contributed by atoms with Crippen LogP contribution in [0.5, 0.6) is 0 Å². The van der Waals surface area contributed by atoms with Crippen molar-refractivity contribution >= 4 is 5.78 Å². The van der Waals surface area contributed by atoms with E-state index in [9.17, 15) is 4.79 Å². The van der Waals surface area contributed by atoms with E-state index in [0.29, 0.717) is 12.2 Å². The topological polar surface area (TPSA) is 17.1 Å². The molecule has 0 bridgehead atoms. The van der Waals surface area contributed by atoms with E-state index in [1.165, 1.54) is 11.1 Å². The van der Waals surface area contributed by atoms with E-state index in [-0.39, 0.29) is 5.41 Å². The summed E-state index contributed by atoms with van der Waals surface area (Å²) in [4.78, 5) is 11.5. The smallest absolute Gasteiger partial charge is 0.163 e. The molecule has 1 aliphatic carbocycles. The van der Waals surface area contributed by atoms with Gasteiger partial charge in [0.05, 0.1) is 0 Å². The van der Waals surface area contributed by atoms with Gasteiger partial charge in [0.25, 0.3) is 0 Å². The zero-order valence-electron chi connectivity index (χ0n) is 9.05. The van der Waals surface area contributed by atoms with Crippen LogP contribution in [-0.2, 0) is 11.8 Å². The van der Waals surface area contributed by atoms with Gasteiger partial charge in [-0.05, 0) is 23.0 Å². The average molecular weight is 188 g/mol. The van der Waals surface area contributed by atoms with Crippen LogP contribution in [0.1, 0.15) is 48.7 Å². The van der Waals surface area contributed by atoms with Crippen LogP contribution in [0.25, 0.3) is 0 Å². The second kappa shape index (κ2) is 2.94. The summed E-state index contributed by atoms with van der Waals surface area (Å²) in [5.74, 6) is 0.311. The Labute approximate surface area is 85.1 Å². The fourth-order valence-electron chi connectivity index (χ4n) is 2.19. The zero-order chi connectivity index (χ0) is 10.3. The molecule has 2 rings (SSSR count). The molecular formula is C13H16O. The molecule has 14 heavy (non-hydrogen) atoms. The van der Waals surface area contributed by atoms with E-state index in [4.69, 9.17) is 0 Å². The molecule has 0 atom stereocenters. The van der Waals surface area contributed by atoms with E-state index in [1.807, 2.05) is 12.1 Å². The summed E-state index contributed by atoms with van der Waals surface area (Å²) in [6, 6.07) is 6.11. The van der Waals surface area contributed by atoms with Crippen molar-refractivity contribution in [2.45, 2.75) is 39.0 Å². The van der Waals surface area contributed by atoms with Crippen LogP contribution >= 0.6 is 0 Å². The molecule has 0 spiro atoms. The third-order valence-electron chi connectivity index (χ3n) is 2.89. The van der Waals surface area contributed by atoms with Crippen LogP contribution in [0, 0.1) is 0 Å². The Balaban J connectivity index is 2.60. The van der Waals surface area contributed by atoms with Gasteiger partial charge in [0, 0.05) is 12.0 Å². The summed E-state index contributed by atoms with van der Waals surface area (Å²) in [5, 5.41) is 0. The number of rotatable bonds is 0. The molecule has 0 aromatic heterocycles. The number of Topliss-reactive ketones (excluding diaryl/α,β-unsaturated/α-hetero) is 1. The van der Waals surface area contributed by atoms with Gasteiger partial charge < -0.3 is 0 Å². The van der Waals surface area contributed by atoms with Gasteiger partial charge in [-0.15, -0.1) is 0 Å². The van der Waals surface area contributed by atoms with E-state index in [2.05, 4.69) is 26.8 Å². The minimum atomic E-state index is 0.149. The first-order valence-corrected chi connectivity index (χ1v) is 5.16.